The smallest absolute Gasteiger partial charge is 0.387 e. The number of hydrogen-bond donors (Lipinski definition) is 1. The van der Waals surface area contributed by atoms with Crippen molar-refractivity contribution in [1.29, 1.82) is 0 Å². The molecule has 0 aliphatic rings. The van der Waals surface area contributed by atoms with Gasteiger partial charge >= 0.3 is 6.61 Å². The lowest BCUT2D eigenvalue weighted by Gasteiger charge is -2.07. The molecule has 140 valence electrons. The summed E-state index contributed by atoms with van der Waals surface area (Å²) >= 11 is 5.96. The highest BCUT2D eigenvalue weighted by molar-refractivity contribution is 6.31. The van der Waals surface area contributed by atoms with Gasteiger partial charge in [0.05, 0.1) is 5.69 Å². The summed E-state index contributed by atoms with van der Waals surface area (Å²) in [6.07, 6.45) is 0. The highest BCUT2D eigenvalue weighted by atomic mass is 35.5. The Hall–Kier alpha value is -3.00. The number of alkyl halides is 2. The zero-order valence-electron chi connectivity index (χ0n) is 14.4. The van der Waals surface area contributed by atoms with E-state index in [0.717, 1.165) is 5.56 Å². The Morgan fingerprint density at radius 3 is 2.56 bits per heavy atom. The maximum absolute atomic E-state index is 12.5. The van der Waals surface area contributed by atoms with Gasteiger partial charge in [0.25, 0.3) is 5.91 Å². The number of ether oxygens (including phenoxy) is 1. The molecule has 0 bridgehead atoms. The quantitative estimate of drug-likeness (QED) is 0.699. The van der Waals surface area contributed by atoms with E-state index in [0.29, 0.717) is 22.2 Å². The molecule has 27 heavy (non-hydrogen) atoms. The number of carbonyl (C=O) groups is 1. The minimum Gasteiger partial charge on any atom is -0.435 e. The predicted molar refractivity (Wildman–Crippen MR) is 96.9 cm³/mol. The molecule has 1 aromatic heterocycles. The Kier molecular flexibility index (Phi) is 5.36. The molecule has 1 heterocycles. The lowest BCUT2D eigenvalue weighted by atomic mass is 10.2. The van der Waals surface area contributed by atoms with E-state index < -0.39 is 12.5 Å². The Morgan fingerprint density at radius 2 is 1.89 bits per heavy atom. The minimum absolute atomic E-state index is 0.0280. The Morgan fingerprint density at radius 1 is 1.19 bits per heavy atom. The van der Waals surface area contributed by atoms with Gasteiger partial charge in [0.2, 0.25) is 5.82 Å². The van der Waals surface area contributed by atoms with E-state index in [1.165, 1.54) is 16.8 Å². The van der Waals surface area contributed by atoms with E-state index in [-0.39, 0.29) is 11.6 Å². The van der Waals surface area contributed by atoms with Crippen molar-refractivity contribution in [3.05, 3.63) is 64.7 Å². The van der Waals surface area contributed by atoms with E-state index in [1.807, 2.05) is 6.92 Å². The molecule has 0 fully saturated rings. The van der Waals surface area contributed by atoms with Crippen LogP contribution in [0.3, 0.4) is 0 Å². The predicted octanol–water partition coefficient (Wildman–Crippen LogP) is 4.39. The zero-order valence-corrected chi connectivity index (χ0v) is 15.2. The molecular weight excluding hydrogens is 378 g/mol. The van der Waals surface area contributed by atoms with E-state index in [9.17, 15) is 13.6 Å². The van der Waals surface area contributed by atoms with Gasteiger partial charge in [-0.2, -0.15) is 8.78 Å². The van der Waals surface area contributed by atoms with Gasteiger partial charge in [-0.05, 0) is 55.8 Å². The van der Waals surface area contributed by atoms with Gasteiger partial charge in [0.15, 0.2) is 0 Å². The maximum Gasteiger partial charge on any atom is 0.387 e. The number of aromatic nitrogens is 3. The molecule has 1 N–H and O–H groups in total. The molecular formula is C18H15ClF2N4O2. The second kappa shape index (κ2) is 7.71. The van der Waals surface area contributed by atoms with Crippen molar-refractivity contribution in [3.63, 3.8) is 0 Å². The Labute approximate surface area is 158 Å². The van der Waals surface area contributed by atoms with Crippen molar-refractivity contribution in [1.82, 2.24) is 14.8 Å². The van der Waals surface area contributed by atoms with Crippen LogP contribution in [0.2, 0.25) is 5.02 Å². The second-order valence-electron chi connectivity index (χ2n) is 5.68. The SMILES string of the molecule is Cc1ccc(Cl)cc1NC(=O)c1nc(C)n(-c2ccc(OC(F)F)cc2)n1. The van der Waals surface area contributed by atoms with E-state index in [2.05, 4.69) is 20.1 Å². The van der Waals surface area contributed by atoms with Crippen LogP contribution in [0.15, 0.2) is 42.5 Å². The van der Waals surface area contributed by atoms with Crippen LogP contribution in [0.5, 0.6) is 5.75 Å². The van der Waals surface area contributed by atoms with E-state index >= 15 is 0 Å². The number of aryl methyl sites for hydroxylation is 2. The number of nitrogens with zero attached hydrogens (tertiary/aromatic N) is 3. The van der Waals surface area contributed by atoms with Crippen LogP contribution in [-0.4, -0.2) is 27.3 Å². The summed E-state index contributed by atoms with van der Waals surface area (Å²) in [5.41, 5.74) is 1.97. The molecule has 0 spiro atoms. The van der Waals surface area contributed by atoms with E-state index in [4.69, 9.17) is 11.6 Å². The highest BCUT2D eigenvalue weighted by Gasteiger charge is 2.16. The monoisotopic (exact) mass is 392 g/mol. The first kappa shape index (κ1) is 18.8. The number of halogens is 3. The van der Waals surface area contributed by atoms with Gasteiger partial charge in [-0.1, -0.05) is 17.7 Å². The second-order valence-corrected chi connectivity index (χ2v) is 6.12. The fourth-order valence-electron chi connectivity index (χ4n) is 2.41. The molecule has 0 radical (unpaired) electrons. The van der Waals surface area contributed by atoms with Crippen molar-refractivity contribution in [2.24, 2.45) is 0 Å². The summed E-state index contributed by atoms with van der Waals surface area (Å²) in [6, 6.07) is 11.0. The van der Waals surface area contributed by atoms with Crippen LogP contribution in [0.4, 0.5) is 14.5 Å². The summed E-state index contributed by atoms with van der Waals surface area (Å²) in [6.45, 7) is 0.624. The van der Waals surface area contributed by atoms with Crippen LogP contribution in [0.1, 0.15) is 22.0 Å². The van der Waals surface area contributed by atoms with Crippen LogP contribution in [0.25, 0.3) is 5.69 Å². The van der Waals surface area contributed by atoms with Gasteiger partial charge in [-0.25, -0.2) is 9.67 Å². The highest BCUT2D eigenvalue weighted by Crippen LogP contribution is 2.21. The normalized spacial score (nSPS) is 10.9. The van der Waals surface area contributed by atoms with Crippen LogP contribution in [0, 0.1) is 13.8 Å². The Balaban J connectivity index is 1.81. The fraction of sp³-hybridized carbons (Fsp3) is 0.167. The lowest BCUT2D eigenvalue weighted by molar-refractivity contribution is -0.0498. The van der Waals surface area contributed by atoms with Crippen molar-refractivity contribution < 1.29 is 18.3 Å². The van der Waals surface area contributed by atoms with Crippen LogP contribution in [-0.2, 0) is 0 Å². The molecule has 3 aromatic rings. The summed E-state index contributed by atoms with van der Waals surface area (Å²) in [7, 11) is 0. The van der Waals surface area contributed by atoms with Gasteiger partial charge in [0.1, 0.15) is 11.6 Å². The molecule has 2 aromatic carbocycles. The topological polar surface area (TPSA) is 69.0 Å². The number of rotatable bonds is 5. The number of anilines is 1. The molecule has 9 heteroatoms. The van der Waals surface area contributed by atoms with Crippen molar-refractivity contribution >= 4 is 23.2 Å². The fourth-order valence-corrected chi connectivity index (χ4v) is 2.58. The third-order valence-electron chi connectivity index (χ3n) is 3.73. The number of nitrogens with one attached hydrogen (secondary N) is 1. The molecule has 0 atom stereocenters. The molecule has 6 nitrogen and oxygen atoms in total. The van der Waals surface area contributed by atoms with Crippen LogP contribution < -0.4 is 10.1 Å². The molecule has 0 aliphatic heterocycles. The molecule has 0 unspecified atom stereocenters. The molecule has 0 saturated carbocycles. The summed E-state index contributed by atoms with van der Waals surface area (Å²) in [5.74, 6) is -0.0222. The largest absolute Gasteiger partial charge is 0.435 e. The van der Waals surface area contributed by atoms with E-state index in [1.54, 1.807) is 37.3 Å². The first-order valence-corrected chi connectivity index (χ1v) is 8.27. The van der Waals surface area contributed by atoms with Gasteiger partial charge in [-0.3, -0.25) is 4.79 Å². The standard InChI is InChI=1S/C18H15ClF2N4O2/c1-10-3-4-12(19)9-15(10)23-17(26)16-22-11(2)25(24-16)13-5-7-14(8-6-13)27-18(20)21/h3-9,18H,1-2H3,(H,23,26). The first-order valence-electron chi connectivity index (χ1n) is 7.90. The lowest BCUT2D eigenvalue weighted by Crippen LogP contribution is -2.15. The summed E-state index contributed by atoms with van der Waals surface area (Å²) in [5, 5.41) is 7.41. The van der Waals surface area contributed by atoms with Crippen LogP contribution >= 0.6 is 11.6 Å². The van der Waals surface area contributed by atoms with Crippen molar-refractivity contribution in [3.8, 4) is 11.4 Å². The minimum atomic E-state index is -2.89. The van der Waals surface area contributed by atoms with Gasteiger partial charge in [-0.15, -0.1) is 5.10 Å². The Bertz CT molecular complexity index is 974. The third-order valence-corrected chi connectivity index (χ3v) is 3.96. The van der Waals surface area contributed by atoms with Crippen molar-refractivity contribution in [2.45, 2.75) is 20.5 Å². The summed E-state index contributed by atoms with van der Waals surface area (Å²) in [4.78, 5) is 16.6. The maximum atomic E-state index is 12.5. The number of hydrogen-bond acceptors (Lipinski definition) is 4. The first-order chi connectivity index (χ1) is 12.8. The number of amides is 1. The average Bonchev–Trinajstić information content (AvgIpc) is 3.00. The number of benzene rings is 2. The zero-order chi connectivity index (χ0) is 19.6. The number of carbonyl (C=O) groups excluding carboxylic acids is 1. The molecule has 0 saturated heterocycles. The average molecular weight is 393 g/mol. The molecule has 1 amide bonds. The van der Waals surface area contributed by atoms with Gasteiger partial charge in [0, 0.05) is 10.7 Å². The molecule has 3 rings (SSSR count). The summed E-state index contributed by atoms with van der Waals surface area (Å²) < 4.78 is 30.2. The van der Waals surface area contributed by atoms with Crippen molar-refractivity contribution in [2.75, 3.05) is 5.32 Å². The van der Waals surface area contributed by atoms with Gasteiger partial charge < -0.3 is 10.1 Å². The third kappa shape index (κ3) is 4.40. The molecule has 0 aliphatic carbocycles.